The lowest BCUT2D eigenvalue weighted by Gasteiger charge is -2.19. The molecule has 0 spiro atoms. The number of amides is 1. The standard InChI is InChI=1S/C17H23NO3S/c19-16(12-22(20)11-15-7-4-10-21-15)18-17(14-8-9-14)13-5-2-1-3-6-13/h1-3,5-6,14-15,17H,4,7-12H2,(H,18,19)/t15-,17-,22+/m0/s1. The molecule has 1 aromatic carbocycles. The van der Waals surface area contributed by atoms with Gasteiger partial charge >= 0.3 is 0 Å². The summed E-state index contributed by atoms with van der Waals surface area (Å²) in [5, 5.41) is 3.08. The van der Waals surface area contributed by atoms with Gasteiger partial charge in [0, 0.05) is 17.4 Å². The van der Waals surface area contributed by atoms with Gasteiger partial charge in [0.1, 0.15) is 5.75 Å². The van der Waals surface area contributed by atoms with Crippen LogP contribution in [0.25, 0.3) is 0 Å². The fourth-order valence-corrected chi connectivity index (χ4v) is 4.14. The van der Waals surface area contributed by atoms with Crippen LogP contribution < -0.4 is 5.32 Å². The van der Waals surface area contributed by atoms with Gasteiger partial charge in [-0.05, 0) is 37.2 Å². The summed E-state index contributed by atoms with van der Waals surface area (Å²) >= 11 is 0. The van der Waals surface area contributed by atoms with Crippen molar-refractivity contribution < 1.29 is 13.7 Å². The van der Waals surface area contributed by atoms with Crippen molar-refractivity contribution in [2.75, 3.05) is 18.1 Å². The Balaban J connectivity index is 1.52. The summed E-state index contributed by atoms with van der Waals surface area (Å²) < 4.78 is 17.6. The number of hydrogen-bond donors (Lipinski definition) is 1. The summed E-state index contributed by atoms with van der Waals surface area (Å²) in [5.41, 5.74) is 1.14. The lowest BCUT2D eigenvalue weighted by atomic mass is 10.0. The van der Waals surface area contributed by atoms with Crippen LogP contribution in [-0.4, -0.2) is 34.3 Å². The van der Waals surface area contributed by atoms with E-state index in [1.165, 1.54) is 0 Å². The molecule has 120 valence electrons. The van der Waals surface area contributed by atoms with E-state index in [0.29, 0.717) is 11.7 Å². The van der Waals surface area contributed by atoms with Crippen LogP contribution >= 0.6 is 0 Å². The van der Waals surface area contributed by atoms with Crippen molar-refractivity contribution in [1.29, 1.82) is 0 Å². The number of nitrogens with one attached hydrogen (secondary N) is 1. The molecule has 1 N–H and O–H groups in total. The molecule has 4 nitrogen and oxygen atoms in total. The van der Waals surface area contributed by atoms with E-state index in [1.807, 2.05) is 30.3 Å². The van der Waals surface area contributed by atoms with Gasteiger partial charge in [-0.25, -0.2) is 0 Å². The number of carbonyl (C=O) groups is 1. The maximum atomic E-state index is 12.2. The highest BCUT2D eigenvalue weighted by Gasteiger charge is 2.33. The quantitative estimate of drug-likeness (QED) is 0.837. The molecular weight excluding hydrogens is 298 g/mol. The first-order valence-corrected chi connectivity index (χ1v) is 9.52. The normalized spacial score (nSPS) is 23.9. The van der Waals surface area contributed by atoms with Gasteiger partial charge in [-0.3, -0.25) is 9.00 Å². The van der Waals surface area contributed by atoms with Crippen LogP contribution in [0, 0.1) is 5.92 Å². The highest BCUT2D eigenvalue weighted by atomic mass is 32.2. The van der Waals surface area contributed by atoms with E-state index in [2.05, 4.69) is 5.32 Å². The summed E-state index contributed by atoms with van der Waals surface area (Å²) in [6.45, 7) is 0.756. The van der Waals surface area contributed by atoms with E-state index < -0.39 is 10.8 Å². The zero-order valence-electron chi connectivity index (χ0n) is 12.7. The molecule has 1 saturated heterocycles. The summed E-state index contributed by atoms with van der Waals surface area (Å²) in [6.07, 6.45) is 4.37. The first-order chi connectivity index (χ1) is 10.7. The Labute approximate surface area is 134 Å². The Kier molecular flexibility index (Phi) is 5.26. The molecule has 1 aliphatic carbocycles. The maximum Gasteiger partial charge on any atom is 0.233 e. The molecule has 1 saturated carbocycles. The smallest absolute Gasteiger partial charge is 0.233 e. The molecule has 1 amide bonds. The van der Waals surface area contributed by atoms with Gasteiger partial charge in [0.15, 0.2) is 0 Å². The van der Waals surface area contributed by atoms with Gasteiger partial charge in [0.2, 0.25) is 5.91 Å². The SMILES string of the molecule is O=C(C[S@](=O)C[C@@H]1CCCO1)N[C@@H](c1ccccc1)C1CC1. The van der Waals surface area contributed by atoms with Crippen LogP contribution in [0.3, 0.4) is 0 Å². The van der Waals surface area contributed by atoms with Gasteiger partial charge in [-0.2, -0.15) is 0 Å². The highest BCUT2D eigenvalue weighted by Crippen LogP contribution is 2.40. The predicted octanol–water partition coefficient (Wildman–Crippen LogP) is 2.18. The van der Waals surface area contributed by atoms with Crippen molar-refractivity contribution in [2.45, 2.75) is 37.8 Å². The molecule has 0 unspecified atom stereocenters. The number of benzene rings is 1. The van der Waals surface area contributed by atoms with Crippen LogP contribution in [0.2, 0.25) is 0 Å². The Morgan fingerprint density at radius 1 is 1.27 bits per heavy atom. The summed E-state index contributed by atoms with van der Waals surface area (Å²) in [6, 6.07) is 10.1. The van der Waals surface area contributed by atoms with E-state index >= 15 is 0 Å². The van der Waals surface area contributed by atoms with Crippen LogP contribution in [0.1, 0.15) is 37.3 Å². The van der Waals surface area contributed by atoms with Gasteiger partial charge in [-0.15, -0.1) is 0 Å². The first-order valence-electron chi connectivity index (χ1n) is 8.03. The molecule has 1 aliphatic heterocycles. The van der Waals surface area contributed by atoms with Crippen LogP contribution in [0.15, 0.2) is 30.3 Å². The maximum absolute atomic E-state index is 12.2. The second kappa shape index (κ2) is 7.38. The minimum Gasteiger partial charge on any atom is -0.377 e. The Morgan fingerprint density at radius 3 is 2.68 bits per heavy atom. The average molecular weight is 321 g/mol. The van der Waals surface area contributed by atoms with E-state index in [-0.39, 0.29) is 23.8 Å². The fourth-order valence-electron chi connectivity index (χ4n) is 2.97. The van der Waals surface area contributed by atoms with E-state index in [0.717, 1.165) is 37.9 Å². The number of ether oxygens (including phenoxy) is 1. The lowest BCUT2D eigenvalue weighted by Crippen LogP contribution is -2.34. The van der Waals surface area contributed by atoms with Crippen LogP contribution in [0.4, 0.5) is 0 Å². The third-order valence-corrected chi connectivity index (χ3v) is 5.58. The number of hydrogen-bond acceptors (Lipinski definition) is 3. The molecule has 2 fully saturated rings. The molecule has 2 aliphatic rings. The molecule has 0 radical (unpaired) electrons. The molecule has 1 aromatic rings. The Hall–Kier alpha value is -1.20. The zero-order chi connectivity index (χ0) is 15.4. The summed E-state index contributed by atoms with van der Waals surface area (Å²) in [7, 11) is -1.14. The van der Waals surface area contributed by atoms with Gasteiger partial charge in [0.25, 0.3) is 0 Å². The molecule has 0 bridgehead atoms. The summed E-state index contributed by atoms with van der Waals surface area (Å²) in [5.74, 6) is 0.970. The van der Waals surface area contributed by atoms with Crippen molar-refractivity contribution in [1.82, 2.24) is 5.32 Å². The zero-order valence-corrected chi connectivity index (χ0v) is 13.5. The number of carbonyl (C=O) groups excluding carboxylic acids is 1. The lowest BCUT2D eigenvalue weighted by molar-refractivity contribution is -0.119. The minimum absolute atomic E-state index is 0.0634. The van der Waals surface area contributed by atoms with Gasteiger partial charge in [0.05, 0.1) is 17.9 Å². The highest BCUT2D eigenvalue weighted by molar-refractivity contribution is 7.85. The van der Waals surface area contributed by atoms with Crippen molar-refractivity contribution in [3.05, 3.63) is 35.9 Å². The summed E-state index contributed by atoms with van der Waals surface area (Å²) in [4.78, 5) is 12.2. The fraction of sp³-hybridized carbons (Fsp3) is 0.588. The predicted molar refractivity (Wildman–Crippen MR) is 86.9 cm³/mol. The molecule has 5 heteroatoms. The van der Waals surface area contributed by atoms with E-state index in [9.17, 15) is 9.00 Å². The largest absolute Gasteiger partial charge is 0.377 e. The molecule has 0 aromatic heterocycles. The van der Waals surface area contributed by atoms with E-state index in [4.69, 9.17) is 4.74 Å². The second-order valence-electron chi connectivity index (χ2n) is 6.18. The van der Waals surface area contributed by atoms with Gasteiger partial charge < -0.3 is 10.1 Å². The van der Waals surface area contributed by atoms with Gasteiger partial charge in [-0.1, -0.05) is 30.3 Å². The van der Waals surface area contributed by atoms with Crippen LogP contribution in [-0.2, 0) is 20.3 Å². The molecule has 1 heterocycles. The topological polar surface area (TPSA) is 55.4 Å². The Morgan fingerprint density at radius 2 is 2.05 bits per heavy atom. The monoisotopic (exact) mass is 321 g/mol. The minimum atomic E-state index is -1.14. The van der Waals surface area contributed by atoms with Crippen molar-refractivity contribution in [3.8, 4) is 0 Å². The van der Waals surface area contributed by atoms with Crippen molar-refractivity contribution >= 4 is 16.7 Å². The van der Waals surface area contributed by atoms with Crippen LogP contribution in [0.5, 0.6) is 0 Å². The third-order valence-electron chi connectivity index (χ3n) is 4.26. The average Bonchev–Trinajstić information content (AvgIpc) is 3.23. The first kappa shape index (κ1) is 15.7. The number of rotatable bonds is 7. The Bertz CT molecular complexity index is 524. The molecule has 22 heavy (non-hydrogen) atoms. The molecule has 3 atom stereocenters. The molecule has 3 rings (SSSR count). The second-order valence-corrected chi connectivity index (χ2v) is 7.68. The van der Waals surface area contributed by atoms with E-state index in [1.54, 1.807) is 0 Å². The molecular formula is C17H23NO3S. The van der Waals surface area contributed by atoms with Crippen molar-refractivity contribution in [3.63, 3.8) is 0 Å². The third kappa shape index (κ3) is 4.40. The van der Waals surface area contributed by atoms with Crippen molar-refractivity contribution in [2.24, 2.45) is 5.92 Å².